The second-order valence-electron chi connectivity index (χ2n) is 5.56. The van der Waals surface area contributed by atoms with Gasteiger partial charge in [0.1, 0.15) is 0 Å². The van der Waals surface area contributed by atoms with E-state index >= 15 is 0 Å². The molecule has 0 spiro atoms. The molecule has 2 aromatic rings. The zero-order valence-electron chi connectivity index (χ0n) is 13.0. The summed E-state index contributed by atoms with van der Waals surface area (Å²) in [6.45, 7) is -0.397. The summed E-state index contributed by atoms with van der Waals surface area (Å²) in [4.78, 5) is 23.7. The highest BCUT2D eigenvalue weighted by atomic mass is 19.1. The third-order valence-corrected chi connectivity index (χ3v) is 3.87. The lowest BCUT2D eigenvalue weighted by molar-refractivity contribution is -0.123. The number of halogens is 1. The Morgan fingerprint density at radius 2 is 1.83 bits per heavy atom. The van der Waals surface area contributed by atoms with E-state index < -0.39 is 24.2 Å². The number of benzene rings is 2. The van der Waals surface area contributed by atoms with Crippen LogP contribution in [0.3, 0.4) is 0 Å². The summed E-state index contributed by atoms with van der Waals surface area (Å²) in [5, 5.41) is 0. The topological polar surface area (TPSA) is 67.4 Å². The van der Waals surface area contributed by atoms with Crippen molar-refractivity contribution in [2.24, 2.45) is 0 Å². The Bertz CT molecular complexity index is 777. The van der Waals surface area contributed by atoms with Gasteiger partial charge < -0.3 is 4.74 Å². The number of aryl methyl sites for hydroxylation is 2. The second-order valence-corrected chi connectivity index (χ2v) is 5.56. The van der Waals surface area contributed by atoms with Gasteiger partial charge in [-0.1, -0.05) is 18.2 Å². The molecule has 0 atom stereocenters. The monoisotopic (exact) mass is 328 g/mol. The highest BCUT2D eigenvalue weighted by Gasteiger charge is 2.14. The first-order valence-corrected chi connectivity index (χ1v) is 7.72. The lowest BCUT2D eigenvalue weighted by atomic mass is 10.1. The van der Waals surface area contributed by atoms with Gasteiger partial charge >= 0.3 is 0 Å². The average Bonchev–Trinajstić information content (AvgIpc) is 3.06. The number of carbonyl (C=O) groups excluding carboxylic acids is 2. The Morgan fingerprint density at radius 1 is 1.04 bits per heavy atom. The van der Waals surface area contributed by atoms with Crippen LogP contribution in [0.4, 0.5) is 4.39 Å². The lowest BCUT2D eigenvalue weighted by Gasteiger charge is -2.10. The van der Waals surface area contributed by atoms with Crippen LogP contribution >= 0.6 is 0 Å². The predicted octanol–water partition coefficient (Wildman–Crippen LogP) is 2.15. The third-order valence-electron chi connectivity index (χ3n) is 3.87. The maximum atomic E-state index is 13.4. The molecule has 0 saturated heterocycles. The fraction of sp³-hybridized carbons (Fsp3) is 0.222. The number of hydrogen-bond acceptors (Lipinski definition) is 3. The van der Waals surface area contributed by atoms with Crippen LogP contribution in [0, 0.1) is 5.82 Å². The van der Waals surface area contributed by atoms with Gasteiger partial charge in [0, 0.05) is 5.56 Å². The standard InChI is InChI=1S/C18H17FN2O3/c19-15-6-1-2-7-16(15)24-11-17(22)20-21-18(23)14-9-8-12-4-3-5-13(12)10-14/h1-2,6-10H,3-5,11H2,(H,20,22)(H,21,23). The molecule has 124 valence electrons. The lowest BCUT2D eigenvalue weighted by Crippen LogP contribution is -2.43. The largest absolute Gasteiger partial charge is 0.481 e. The van der Waals surface area contributed by atoms with Crippen molar-refractivity contribution in [3.8, 4) is 5.75 Å². The molecule has 0 radical (unpaired) electrons. The Hall–Kier alpha value is -2.89. The highest BCUT2D eigenvalue weighted by Crippen LogP contribution is 2.22. The summed E-state index contributed by atoms with van der Waals surface area (Å²) in [6.07, 6.45) is 3.12. The van der Waals surface area contributed by atoms with E-state index in [0.29, 0.717) is 5.56 Å². The summed E-state index contributed by atoms with van der Waals surface area (Å²) < 4.78 is 18.4. The van der Waals surface area contributed by atoms with Crippen LogP contribution in [0.1, 0.15) is 27.9 Å². The Balaban J connectivity index is 1.49. The Morgan fingerprint density at radius 3 is 2.67 bits per heavy atom. The van der Waals surface area contributed by atoms with Gasteiger partial charge in [0.2, 0.25) is 0 Å². The first-order valence-electron chi connectivity index (χ1n) is 7.72. The van der Waals surface area contributed by atoms with Crippen molar-refractivity contribution in [3.05, 3.63) is 65.0 Å². The Labute approximate surface area is 138 Å². The third kappa shape index (κ3) is 3.71. The van der Waals surface area contributed by atoms with Crippen LogP contribution in [0.2, 0.25) is 0 Å². The van der Waals surface area contributed by atoms with Gasteiger partial charge in [-0.05, 0) is 54.7 Å². The summed E-state index contributed by atoms with van der Waals surface area (Å²) in [6, 6.07) is 11.3. The van der Waals surface area contributed by atoms with Crippen LogP contribution in [0.25, 0.3) is 0 Å². The van der Waals surface area contributed by atoms with E-state index in [4.69, 9.17) is 4.74 Å². The molecule has 0 bridgehead atoms. The molecule has 0 saturated carbocycles. The minimum Gasteiger partial charge on any atom is -0.481 e. The van der Waals surface area contributed by atoms with E-state index in [9.17, 15) is 14.0 Å². The molecule has 0 heterocycles. The molecule has 0 aliphatic heterocycles. The van der Waals surface area contributed by atoms with Gasteiger partial charge in [0.15, 0.2) is 18.2 Å². The van der Waals surface area contributed by atoms with E-state index in [1.807, 2.05) is 12.1 Å². The molecular formula is C18H17FN2O3. The summed E-state index contributed by atoms with van der Waals surface area (Å²) in [5.41, 5.74) is 7.52. The minimum absolute atomic E-state index is 0.0161. The van der Waals surface area contributed by atoms with E-state index in [1.165, 1.54) is 29.3 Å². The van der Waals surface area contributed by atoms with Crippen molar-refractivity contribution >= 4 is 11.8 Å². The van der Waals surface area contributed by atoms with E-state index in [1.54, 1.807) is 12.1 Å². The van der Waals surface area contributed by atoms with Gasteiger partial charge in [-0.3, -0.25) is 20.4 Å². The van der Waals surface area contributed by atoms with Crippen molar-refractivity contribution in [1.82, 2.24) is 10.9 Å². The molecule has 0 aromatic heterocycles. The quantitative estimate of drug-likeness (QED) is 0.845. The molecule has 3 rings (SSSR count). The van der Waals surface area contributed by atoms with Crippen molar-refractivity contribution in [2.75, 3.05) is 6.61 Å². The molecule has 0 fully saturated rings. The van der Waals surface area contributed by atoms with Crippen LogP contribution < -0.4 is 15.6 Å². The number of rotatable bonds is 4. The molecule has 2 aromatic carbocycles. The normalized spacial score (nSPS) is 12.4. The van der Waals surface area contributed by atoms with Crippen LogP contribution in [-0.4, -0.2) is 18.4 Å². The first-order chi connectivity index (χ1) is 11.6. The first kappa shape index (κ1) is 16.0. The van der Waals surface area contributed by atoms with Gasteiger partial charge in [-0.15, -0.1) is 0 Å². The molecule has 2 N–H and O–H groups in total. The number of amides is 2. The molecule has 1 aliphatic rings. The molecule has 6 heteroatoms. The molecule has 0 unspecified atom stereocenters. The zero-order chi connectivity index (χ0) is 16.9. The maximum absolute atomic E-state index is 13.4. The predicted molar refractivity (Wildman–Crippen MR) is 86.0 cm³/mol. The van der Waals surface area contributed by atoms with Crippen LogP contribution in [-0.2, 0) is 17.6 Å². The fourth-order valence-electron chi connectivity index (χ4n) is 2.65. The van der Waals surface area contributed by atoms with Crippen molar-refractivity contribution in [3.63, 3.8) is 0 Å². The molecule has 5 nitrogen and oxygen atoms in total. The molecule has 2 amide bonds. The van der Waals surface area contributed by atoms with Gasteiger partial charge in [0.25, 0.3) is 11.8 Å². The summed E-state index contributed by atoms with van der Waals surface area (Å²) in [7, 11) is 0. The highest BCUT2D eigenvalue weighted by molar-refractivity contribution is 5.95. The number of fused-ring (bicyclic) bond motifs is 1. The van der Waals surface area contributed by atoms with Gasteiger partial charge in [-0.2, -0.15) is 0 Å². The van der Waals surface area contributed by atoms with E-state index in [0.717, 1.165) is 19.3 Å². The summed E-state index contributed by atoms with van der Waals surface area (Å²) in [5.74, 6) is -1.54. The van der Waals surface area contributed by atoms with E-state index in [2.05, 4.69) is 10.9 Å². The van der Waals surface area contributed by atoms with Crippen LogP contribution in [0.5, 0.6) is 5.75 Å². The summed E-state index contributed by atoms with van der Waals surface area (Å²) >= 11 is 0. The maximum Gasteiger partial charge on any atom is 0.276 e. The number of nitrogens with one attached hydrogen (secondary N) is 2. The number of para-hydroxylation sites is 1. The smallest absolute Gasteiger partial charge is 0.276 e. The van der Waals surface area contributed by atoms with Crippen molar-refractivity contribution in [1.29, 1.82) is 0 Å². The number of ether oxygens (including phenoxy) is 1. The number of hydrazine groups is 1. The minimum atomic E-state index is -0.576. The Kier molecular flexibility index (Phi) is 4.74. The fourth-order valence-corrected chi connectivity index (χ4v) is 2.65. The van der Waals surface area contributed by atoms with Crippen molar-refractivity contribution in [2.45, 2.75) is 19.3 Å². The van der Waals surface area contributed by atoms with Gasteiger partial charge in [-0.25, -0.2) is 4.39 Å². The molecular weight excluding hydrogens is 311 g/mol. The van der Waals surface area contributed by atoms with E-state index in [-0.39, 0.29) is 5.75 Å². The zero-order valence-corrected chi connectivity index (χ0v) is 13.0. The van der Waals surface area contributed by atoms with Gasteiger partial charge in [0.05, 0.1) is 0 Å². The average molecular weight is 328 g/mol. The number of carbonyl (C=O) groups is 2. The second kappa shape index (κ2) is 7.12. The van der Waals surface area contributed by atoms with Crippen LogP contribution in [0.15, 0.2) is 42.5 Å². The molecule has 24 heavy (non-hydrogen) atoms. The SMILES string of the molecule is O=C(COc1ccccc1F)NNC(=O)c1ccc2c(c1)CCC2. The van der Waals surface area contributed by atoms with Crippen molar-refractivity contribution < 1.29 is 18.7 Å². The molecule has 1 aliphatic carbocycles. The number of hydrogen-bond donors (Lipinski definition) is 2.